The van der Waals surface area contributed by atoms with Crippen molar-refractivity contribution in [2.75, 3.05) is 13.3 Å². The molecule has 0 N–H and O–H groups in total. The normalized spacial score (nSPS) is 29.0. The van der Waals surface area contributed by atoms with Crippen LogP contribution in [0.15, 0.2) is 101 Å². The predicted molar refractivity (Wildman–Crippen MR) is 149 cm³/mol. The second kappa shape index (κ2) is 9.90. The van der Waals surface area contributed by atoms with Gasteiger partial charge in [-0.05, 0) is 48.2 Å². The van der Waals surface area contributed by atoms with Gasteiger partial charge in [0.05, 0.1) is 18.0 Å². The number of hydrogen-bond acceptors (Lipinski definition) is 4. The first-order valence-corrected chi connectivity index (χ1v) is 14.4. The van der Waals surface area contributed by atoms with Crippen LogP contribution in [0, 0.1) is 11.8 Å². The molecule has 3 aromatic carbocycles. The lowest BCUT2D eigenvalue weighted by atomic mass is 9.80. The minimum absolute atomic E-state index is 0.0291. The van der Waals surface area contributed by atoms with Crippen molar-refractivity contribution >= 4 is 21.8 Å². The molecular weight excluding hydrogens is 540 g/mol. The average Bonchev–Trinajstić information content (AvgIpc) is 3.74. The van der Waals surface area contributed by atoms with E-state index in [2.05, 4.69) is 105 Å². The standard InChI is InChI=1S/C32H31BrN2O3/c33-24-15-13-23(14-16-24)30-29-28(25-12-7-17-34(25)30)31(22-10-5-2-6-11-22)35(32(29)36)26(27-19-37-20-38-27)18-21-8-3-1-4-9-21/h1-6,8-11,13-16,19,25-26,28-31H,7,12,17-18,20H2. The molecular formula is C32H31BrN2O3. The number of carbonyl (C=O) groups excluding carboxylic acids is 1. The van der Waals surface area contributed by atoms with Gasteiger partial charge in [-0.25, -0.2) is 0 Å². The molecule has 3 aromatic rings. The van der Waals surface area contributed by atoms with Gasteiger partial charge in [0, 0.05) is 28.9 Å². The van der Waals surface area contributed by atoms with Gasteiger partial charge in [0.1, 0.15) is 6.26 Å². The van der Waals surface area contributed by atoms with Crippen molar-refractivity contribution in [1.82, 2.24) is 9.80 Å². The summed E-state index contributed by atoms with van der Waals surface area (Å²) in [4.78, 5) is 19.6. The van der Waals surface area contributed by atoms with Crippen molar-refractivity contribution < 1.29 is 14.3 Å². The molecule has 1 amide bonds. The second-order valence-corrected chi connectivity index (χ2v) is 11.7. The van der Waals surface area contributed by atoms with E-state index in [1.807, 2.05) is 6.07 Å². The first-order valence-electron chi connectivity index (χ1n) is 13.6. The third kappa shape index (κ3) is 3.97. The van der Waals surface area contributed by atoms with Crippen molar-refractivity contribution in [3.8, 4) is 0 Å². The fourth-order valence-corrected chi connectivity index (χ4v) is 7.73. The minimum Gasteiger partial charge on any atom is -0.462 e. The van der Waals surface area contributed by atoms with Crippen LogP contribution in [0.5, 0.6) is 0 Å². The molecule has 4 heterocycles. The number of amides is 1. The third-order valence-electron chi connectivity index (χ3n) is 8.88. The number of rotatable bonds is 6. The van der Waals surface area contributed by atoms with Gasteiger partial charge in [-0.15, -0.1) is 0 Å². The van der Waals surface area contributed by atoms with Crippen LogP contribution in [0.1, 0.15) is 41.6 Å². The van der Waals surface area contributed by atoms with Gasteiger partial charge in [-0.2, -0.15) is 0 Å². The smallest absolute Gasteiger partial charge is 0.229 e. The molecule has 7 rings (SSSR count). The van der Waals surface area contributed by atoms with Crippen molar-refractivity contribution in [2.45, 2.75) is 43.4 Å². The quantitative estimate of drug-likeness (QED) is 0.351. The number of ether oxygens (including phenoxy) is 2. The molecule has 194 valence electrons. The SMILES string of the molecule is O=C1C2C(C3CCCN3C2c2ccc(Br)cc2)C(c2ccccc2)N1C(Cc1ccccc1)C1=COCO1. The molecule has 0 saturated carbocycles. The molecule has 38 heavy (non-hydrogen) atoms. The molecule has 0 aromatic heterocycles. The number of likely N-dealkylation sites (tertiary alicyclic amines) is 1. The van der Waals surface area contributed by atoms with E-state index in [0.717, 1.165) is 23.2 Å². The number of carbonyl (C=O) groups is 1. The van der Waals surface area contributed by atoms with E-state index < -0.39 is 0 Å². The Morgan fingerprint density at radius 2 is 1.61 bits per heavy atom. The Bertz CT molecular complexity index is 1330. The number of benzene rings is 3. The molecule has 0 spiro atoms. The summed E-state index contributed by atoms with van der Waals surface area (Å²) in [5, 5.41) is 0. The summed E-state index contributed by atoms with van der Waals surface area (Å²) in [6.45, 7) is 1.24. The monoisotopic (exact) mass is 570 g/mol. The van der Waals surface area contributed by atoms with Gasteiger partial charge in [-0.3, -0.25) is 9.69 Å². The lowest BCUT2D eigenvalue weighted by Gasteiger charge is -2.38. The number of halogens is 1. The van der Waals surface area contributed by atoms with Gasteiger partial charge in [0.15, 0.2) is 5.76 Å². The van der Waals surface area contributed by atoms with Crippen LogP contribution in [0.25, 0.3) is 0 Å². The second-order valence-electron chi connectivity index (χ2n) is 10.8. The molecule has 0 aliphatic carbocycles. The van der Waals surface area contributed by atoms with Crippen molar-refractivity contribution in [1.29, 1.82) is 0 Å². The Labute approximate surface area is 232 Å². The van der Waals surface area contributed by atoms with E-state index in [-0.39, 0.29) is 42.7 Å². The van der Waals surface area contributed by atoms with E-state index in [9.17, 15) is 4.79 Å². The molecule has 0 radical (unpaired) electrons. The van der Waals surface area contributed by atoms with Crippen LogP contribution in [0.2, 0.25) is 0 Å². The Morgan fingerprint density at radius 1 is 0.895 bits per heavy atom. The zero-order valence-electron chi connectivity index (χ0n) is 21.2. The first kappa shape index (κ1) is 24.0. The molecule has 0 bridgehead atoms. The summed E-state index contributed by atoms with van der Waals surface area (Å²) in [5.41, 5.74) is 3.61. The molecule has 3 saturated heterocycles. The molecule has 3 fully saturated rings. The van der Waals surface area contributed by atoms with Gasteiger partial charge in [0.2, 0.25) is 12.7 Å². The van der Waals surface area contributed by atoms with Crippen LogP contribution in [0.3, 0.4) is 0 Å². The Balaban J connectivity index is 1.36. The topological polar surface area (TPSA) is 42.0 Å². The molecule has 6 unspecified atom stereocenters. The molecule has 4 aliphatic rings. The lowest BCUT2D eigenvalue weighted by molar-refractivity contribution is -0.135. The van der Waals surface area contributed by atoms with Crippen LogP contribution in [0.4, 0.5) is 0 Å². The molecule has 6 atom stereocenters. The maximum Gasteiger partial charge on any atom is 0.229 e. The summed E-state index contributed by atoms with van der Waals surface area (Å²) in [7, 11) is 0. The van der Waals surface area contributed by atoms with Crippen molar-refractivity contribution in [2.24, 2.45) is 11.8 Å². The zero-order valence-corrected chi connectivity index (χ0v) is 22.7. The number of nitrogens with zero attached hydrogens (tertiary/aromatic N) is 2. The van der Waals surface area contributed by atoms with Crippen LogP contribution >= 0.6 is 15.9 Å². The van der Waals surface area contributed by atoms with E-state index in [1.165, 1.54) is 23.1 Å². The highest BCUT2D eigenvalue weighted by atomic mass is 79.9. The van der Waals surface area contributed by atoms with Crippen LogP contribution < -0.4 is 0 Å². The maximum absolute atomic E-state index is 14.8. The summed E-state index contributed by atoms with van der Waals surface area (Å²) in [6.07, 6.45) is 4.70. The van der Waals surface area contributed by atoms with Gasteiger partial charge >= 0.3 is 0 Å². The minimum atomic E-state index is -0.233. The highest BCUT2D eigenvalue weighted by Gasteiger charge is 2.64. The Morgan fingerprint density at radius 3 is 2.32 bits per heavy atom. The molecule has 4 aliphatic heterocycles. The summed E-state index contributed by atoms with van der Waals surface area (Å²) in [5.74, 6) is 1.07. The highest BCUT2D eigenvalue weighted by molar-refractivity contribution is 9.10. The fraction of sp³-hybridized carbons (Fsp3) is 0.344. The number of fused-ring (bicyclic) bond motifs is 3. The largest absolute Gasteiger partial charge is 0.462 e. The van der Waals surface area contributed by atoms with E-state index >= 15 is 0 Å². The number of hydrogen-bond donors (Lipinski definition) is 0. The van der Waals surface area contributed by atoms with Gasteiger partial charge in [0.25, 0.3) is 0 Å². The molecule has 6 heteroatoms. The van der Waals surface area contributed by atoms with Crippen molar-refractivity contribution in [3.63, 3.8) is 0 Å². The highest BCUT2D eigenvalue weighted by Crippen LogP contribution is 2.60. The van der Waals surface area contributed by atoms with Gasteiger partial charge < -0.3 is 14.4 Å². The maximum atomic E-state index is 14.8. The van der Waals surface area contributed by atoms with Gasteiger partial charge in [-0.1, -0.05) is 88.7 Å². The fourth-order valence-electron chi connectivity index (χ4n) is 7.47. The van der Waals surface area contributed by atoms with E-state index in [0.29, 0.717) is 12.5 Å². The van der Waals surface area contributed by atoms with E-state index in [4.69, 9.17) is 9.47 Å². The third-order valence-corrected chi connectivity index (χ3v) is 9.41. The first-order chi connectivity index (χ1) is 18.7. The zero-order chi connectivity index (χ0) is 25.6. The average molecular weight is 572 g/mol. The summed E-state index contributed by atoms with van der Waals surface area (Å²) >= 11 is 3.60. The summed E-state index contributed by atoms with van der Waals surface area (Å²) in [6, 6.07) is 29.8. The lowest BCUT2D eigenvalue weighted by Crippen LogP contribution is -2.45. The van der Waals surface area contributed by atoms with Crippen molar-refractivity contribution in [3.05, 3.63) is 118 Å². The Hall–Kier alpha value is -3.09. The predicted octanol–water partition coefficient (Wildman–Crippen LogP) is 6.24. The van der Waals surface area contributed by atoms with Crippen LogP contribution in [-0.4, -0.2) is 41.1 Å². The Kier molecular flexibility index (Phi) is 6.25. The summed E-state index contributed by atoms with van der Waals surface area (Å²) < 4.78 is 12.6. The van der Waals surface area contributed by atoms with Crippen LogP contribution in [-0.2, 0) is 20.7 Å². The van der Waals surface area contributed by atoms with E-state index in [1.54, 1.807) is 6.26 Å². The molecule has 5 nitrogen and oxygen atoms in total.